The molecule has 2 heterocycles. The van der Waals surface area contributed by atoms with Crippen LogP contribution in [0.2, 0.25) is 0 Å². The van der Waals surface area contributed by atoms with Gasteiger partial charge in [0.15, 0.2) is 22.8 Å². The van der Waals surface area contributed by atoms with Crippen LogP contribution in [0.15, 0.2) is 52.7 Å². The number of allylic oxidation sites excluding steroid dienone is 6. The van der Waals surface area contributed by atoms with Gasteiger partial charge >= 0.3 is 0 Å². The monoisotopic (exact) mass is 532 g/mol. The van der Waals surface area contributed by atoms with Gasteiger partial charge in [-0.15, -0.1) is 0 Å². The number of phenolic OH excluding ortho intramolecular Hbond substituents is 2. The quantitative estimate of drug-likeness (QED) is 0.396. The van der Waals surface area contributed by atoms with E-state index in [9.17, 15) is 19.8 Å². The molecule has 1 aromatic carbocycles. The molecule has 1 saturated carbocycles. The first-order valence-corrected chi connectivity index (χ1v) is 13.8. The maximum Gasteiger partial charge on any atom is 0.200 e. The first-order chi connectivity index (χ1) is 18.1. The van der Waals surface area contributed by atoms with E-state index < -0.39 is 22.2 Å². The summed E-state index contributed by atoms with van der Waals surface area (Å²) in [5.74, 6) is -1.08. The predicted molar refractivity (Wildman–Crippen MR) is 150 cm³/mol. The van der Waals surface area contributed by atoms with E-state index in [2.05, 4.69) is 6.08 Å². The highest BCUT2D eigenvalue weighted by Crippen LogP contribution is 2.71. The van der Waals surface area contributed by atoms with Gasteiger partial charge in [-0.2, -0.15) is 0 Å². The number of benzene rings is 1. The molecule has 0 amide bonds. The van der Waals surface area contributed by atoms with Crippen LogP contribution < -0.4 is 4.74 Å². The second-order valence-corrected chi connectivity index (χ2v) is 13.1. The average molecular weight is 533 g/mol. The zero-order chi connectivity index (χ0) is 28.7. The molecule has 1 aromatic rings. The first-order valence-electron chi connectivity index (χ1n) is 13.8. The molecular weight excluding hydrogens is 492 g/mol. The Kier molecular flexibility index (Phi) is 6.12. The van der Waals surface area contributed by atoms with Gasteiger partial charge in [-0.25, -0.2) is 0 Å². The fourth-order valence-corrected chi connectivity index (χ4v) is 7.25. The van der Waals surface area contributed by atoms with E-state index in [1.807, 2.05) is 73.6 Å². The minimum Gasteiger partial charge on any atom is -0.507 e. The Morgan fingerprint density at radius 1 is 0.949 bits per heavy atom. The van der Waals surface area contributed by atoms with Crippen LogP contribution in [-0.2, 0) is 16.0 Å². The van der Waals surface area contributed by atoms with Crippen molar-refractivity contribution < 1.29 is 29.3 Å². The van der Waals surface area contributed by atoms with E-state index in [0.29, 0.717) is 30.4 Å². The summed E-state index contributed by atoms with van der Waals surface area (Å²) in [6.45, 7) is 15.8. The van der Waals surface area contributed by atoms with Crippen molar-refractivity contribution in [3.63, 3.8) is 0 Å². The number of carbonyl (C=O) groups is 2. The van der Waals surface area contributed by atoms with Crippen molar-refractivity contribution in [2.45, 2.75) is 97.9 Å². The number of phenols is 2. The summed E-state index contributed by atoms with van der Waals surface area (Å²) in [6.07, 6.45) is 9.34. The van der Waals surface area contributed by atoms with Crippen molar-refractivity contribution in [1.82, 2.24) is 0 Å². The van der Waals surface area contributed by atoms with Crippen LogP contribution >= 0.6 is 0 Å². The van der Waals surface area contributed by atoms with Crippen LogP contribution in [-0.4, -0.2) is 38.6 Å². The third-order valence-corrected chi connectivity index (χ3v) is 9.04. The van der Waals surface area contributed by atoms with E-state index in [4.69, 9.17) is 9.47 Å². The third kappa shape index (κ3) is 3.63. The molecule has 39 heavy (non-hydrogen) atoms. The van der Waals surface area contributed by atoms with Crippen LogP contribution in [0.3, 0.4) is 0 Å². The topological polar surface area (TPSA) is 93.1 Å². The molecule has 1 spiro atoms. The molecule has 0 aromatic heterocycles. The van der Waals surface area contributed by atoms with Crippen molar-refractivity contribution >= 4 is 11.6 Å². The molecule has 4 bridgehead atoms. The number of aromatic hydroxyl groups is 2. The lowest BCUT2D eigenvalue weighted by Crippen LogP contribution is -2.74. The van der Waals surface area contributed by atoms with Gasteiger partial charge in [0.05, 0.1) is 11.0 Å². The minimum atomic E-state index is -1.43. The standard InChI is InChI=1S/C33H40O6/c1-18(2)9-10-21-23(34)15-24(35)26-27(36)22-16-31(13-11-19(3)4)17-25-30(7,8)39-32(29(31)37,14-12-20(5)6)33(22,25)38-28(21)26/h9,11-12,15-16,25,34-35H,10,13-14,17H2,1-8H3/t25?,31-,32+,33-/m1/s1. The number of rotatable bonds is 6. The molecule has 2 aliphatic heterocycles. The van der Waals surface area contributed by atoms with Crippen LogP contribution in [0.1, 0.15) is 90.6 Å². The Hall–Kier alpha value is -3.12. The lowest BCUT2D eigenvalue weighted by Gasteiger charge is -2.59. The van der Waals surface area contributed by atoms with E-state index in [-0.39, 0.29) is 46.7 Å². The van der Waals surface area contributed by atoms with Crippen LogP contribution in [0.5, 0.6) is 17.2 Å². The highest BCUT2D eigenvalue weighted by atomic mass is 16.6. The fourth-order valence-electron chi connectivity index (χ4n) is 7.25. The highest BCUT2D eigenvalue weighted by molar-refractivity contribution is 6.19. The first kappa shape index (κ1) is 27.4. The molecule has 4 atom stereocenters. The van der Waals surface area contributed by atoms with Crippen molar-refractivity contribution in [2.24, 2.45) is 11.3 Å². The molecule has 208 valence electrons. The number of fused-ring (bicyclic) bond motifs is 1. The summed E-state index contributed by atoms with van der Waals surface area (Å²) in [5, 5.41) is 21.8. The molecule has 2 N–H and O–H groups in total. The summed E-state index contributed by atoms with van der Waals surface area (Å²) in [6, 6.07) is 1.21. The normalized spacial score (nSPS) is 31.1. The molecule has 2 fully saturated rings. The van der Waals surface area contributed by atoms with E-state index in [0.717, 1.165) is 16.7 Å². The summed E-state index contributed by atoms with van der Waals surface area (Å²) in [4.78, 5) is 29.2. The summed E-state index contributed by atoms with van der Waals surface area (Å²) < 4.78 is 13.8. The molecule has 6 heteroatoms. The highest BCUT2D eigenvalue weighted by Gasteiger charge is 2.83. The maximum absolute atomic E-state index is 14.8. The maximum atomic E-state index is 14.8. The van der Waals surface area contributed by atoms with Gasteiger partial charge < -0.3 is 19.7 Å². The summed E-state index contributed by atoms with van der Waals surface area (Å²) in [7, 11) is 0. The van der Waals surface area contributed by atoms with Crippen molar-refractivity contribution in [3.05, 3.63) is 63.8 Å². The smallest absolute Gasteiger partial charge is 0.200 e. The lowest BCUT2D eigenvalue weighted by molar-refractivity contribution is -0.178. The summed E-state index contributed by atoms with van der Waals surface area (Å²) in [5.41, 5.74) is -0.498. The minimum absolute atomic E-state index is 0.0359. The van der Waals surface area contributed by atoms with E-state index >= 15 is 0 Å². The Balaban J connectivity index is 1.86. The van der Waals surface area contributed by atoms with E-state index in [1.165, 1.54) is 6.07 Å². The Morgan fingerprint density at radius 3 is 2.18 bits per heavy atom. The average Bonchev–Trinajstić information content (AvgIpc) is 2.98. The van der Waals surface area contributed by atoms with Gasteiger partial charge in [-0.05, 0) is 74.7 Å². The van der Waals surface area contributed by atoms with Gasteiger partial charge in [0.2, 0.25) is 0 Å². The third-order valence-electron chi connectivity index (χ3n) is 9.04. The number of hydrogen-bond donors (Lipinski definition) is 2. The van der Waals surface area contributed by atoms with Crippen LogP contribution in [0.4, 0.5) is 0 Å². The fraction of sp³-hybridized carbons (Fsp3) is 0.515. The van der Waals surface area contributed by atoms with Crippen LogP contribution in [0.25, 0.3) is 0 Å². The Bertz CT molecular complexity index is 1410. The molecule has 3 aliphatic carbocycles. The lowest BCUT2D eigenvalue weighted by atomic mass is 9.45. The molecule has 6 nitrogen and oxygen atoms in total. The molecule has 6 rings (SSSR count). The molecule has 1 saturated heterocycles. The van der Waals surface area contributed by atoms with Gasteiger partial charge in [-0.1, -0.05) is 41.0 Å². The number of ketones is 2. The molecule has 1 unspecified atom stereocenters. The zero-order valence-corrected chi connectivity index (χ0v) is 24.3. The van der Waals surface area contributed by atoms with Gasteiger partial charge in [-0.3, -0.25) is 9.59 Å². The largest absolute Gasteiger partial charge is 0.507 e. The van der Waals surface area contributed by atoms with Crippen LogP contribution in [0, 0.1) is 11.3 Å². The van der Waals surface area contributed by atoms with Gasteiger partial charge in [0.25, 0.3) is 0 Å². The van der Waals surface area contributed by atoms with Crippen molar-refractivity contribution in [3.8, 4) is 17.2 Å². The van der Waals surface area contributed by atoms with Crippen molar-refractivity contribution in [2.75, 3.05) is 0 Å². The second-order valence-electron chi connectivity index (χ2n) is 13.1. The van der Waals surface area contributed by atoms with Gasteiger partial charge in [0.1, 0.15) is 22.8 Å². The molecule has 5 aliphatic rings. The van der Waals surface area contributed by atoms with E-state index in [1.54, 1.807) is 0 Å². The Morgan fingerprint density at radius 2 is 1.56 bits per heavy atom. The molecular formula is C33H40O6. The Labute approximate surface area is 231 Å². The SMILES string of the molecule is CC(C)=CCc1c(O)cc(O)c2c1O[C@]13C(=C[C@]4(CC=C(C)C)CC1C(C)(C)O[C@@]3(CC=C(C)C)C4=O)C2=O. The molecule has 0 radical (unpaired) electrons. The predicted octanol–water partition coefficient (Wildman–Crippen LogP) is 6.70. The second kappa shape index (κ2) is 8.69. The van der Waals surface area contributed by atoms with Gasteiger partial charge in [0, 0.05) is 29.5 Å². The number of ether oxygens (including phenoxy) is 2. The summed E-state index contributed by atoms with van der Waals surface area (Å²) >= 11 is 0. The number of Topliss-reactive ketones (excluding diaryl/α,β-unsaturated/α-hetero) is 2. The van der Waals surface area contributed by atoms with Crippen molar-refractivity contribution in [1.29, 1.82) is 0 Å². The number of hydrogen-bond acceptors (Lipinski definition) is 6. The number of carbonyl (C=O) groups excluding carboxylic acids is 2. The zero-order valence-electron chi connectivity index (χ0n) is 24.3.